The number of halogens is 1. The second-order valence-electron chi connectivity index (χ2n) is 3.07. The molecule has 0 saturated heterocycles. The lowest BCUT2D eigenvalue weighted by molar-refractivity contribution is 0.558. The smallest absolute Gasteiger partial charge is 0.277 e. The highest BCUT2D eigenvalue weighted by Crippen LogP contribution is 2.14. The Morgan fingerprint density at radius 3 is 3.00 bits per heavy atom. The topological polar surface area (TPSA) is 73.8 Å². The Labute approximate surface area is 94.0 Å². The molecule has 0 bridgehead atoms. The molecule has 2 rings (SSSR count). The van der Waals surface area contributed by atoms with E-state index in [1.165, 1.54) is 4.68 Å². The third-order valence-corrected chi connectivity index (χ3v) is 2.52. The van der Waals surface area contributed by atoms with Crippen LogP contribution in [0.2, 0.25) is 0 Å². The van der Waals surface area contributed by atoms with Crippen molar-refractivity contribution in [2.75, 3.05) is 6.54 Å². The molecule has 2 aromatic rings. The molecule has 1 aromatic heterocycles. The molecule has 2 N–H and O–H groups in total. The van der Waals surface area contributed by atoms with Crippen LogP contribution in [0.25, 0.3) is 10.9 Å². The van der Waals surface area contributed by atoms with E-state index in [4.69, 9.17) is 5.73 Å². The van der Waals surface area contributed by atoms with Gasteiger partial charge in [-0.05, 0) is 18.2 Å². The Morgan fingerprint density at radius 2 is 2.27 bits per heavy atom. The molecule has 0 aliphatic rings. The maximum Gasteiger partial charge on any atom is 0.277 e. The quantitative estimate of drug-likeness (QED) is 0.862. The van der Waals surface area contributed by atoms with Crippen molar-refractivity contribution in [2.45, 2.75) is 6.54 Å². The molecule has 0 fully saturated rings. The van der Waals surface area contributed by atoms with E-state index in [1.54, 1.807) is 12.1 Å². The number of aromatic nitrogens is 3. The Balaban J connectivity index is 2.71. The lowest BCUT2D eigenvalue weighted by Crippen LogP contribution is -2.27. The molecule has 78 valence electrons. The number of fused-ring (bicyclic) bond motifs is 1. The molecule has 0 amide bonds. The molecule has 0 aliphatic heterocycles. The van der Waals surface area contributed by atoms with Crippen molar-refractivity contribution in [3.63, 3.8) is 0 Å². The number of nitrogens with two attached hydrogens (primary N) is 1. The maximum absolute atomic E-state index is 11.9. The van der Waals surface area contributed by atoms with Gasteiger partial charge in [-0.1, -0.05) is 21.1 Å². The average Bonchev–Trinajstić information content (AvgIpc) is 2.23. The lowest BCUT2D eigenvalue weighted by atomic mass is 10.2. The summed E-state index contributed by atoms with van der Waals surface area (Å²) in [5.41, 5.74) is 5.80. The van der Waals surface area contributed by atoms with Gasteiger partial charge in [-0.15, -0.1) is 5.10 Å². The van der Waals surface area contributed by atoms with Crippen molar-refractivity contribution in [3.05, 3.63) is 33.0 Å². The summed E-state index contributed by atoms with van der Waals surface area (Å²) in [5, 5.41) is 8.27. The number of rotatable bonds is 2. The van der Waals surface area contributed by atoms with Crippen LogP contribution in [-0.2, 0) is 6.54 Å². The number of hydrogen-bond acceptors (Lipinski definition) is 4. The summed E-state index contributed by atoms with van der Waals surface area (Å²) in [5.74, 6) is 0. The first-order valence-electron chi connectivity index (χ1n) is 4.45. The van der Waals surface area contributed by atoms with Crippen LogP contribution < -0.4 is 11.3 Å². The molecule has 15 heavy (non-hydrogen) atoms. The summed E-state index contributed by atoms with van der Waals surface area (Å²) in [6, 6.07) is 5.31. The molecule has 0 aliphatic carbocycles. The van der Waals surface area contributed by atoms with Crippen LogP contribution in [-0.4, -0.2) is 21.5 Å². The van der Waals surface area contributed by atoms with Gasteiger partial charge in [0.1, 0.15) is 5.52 Å². The normalized spacial score (nSPS) is 10.8. The van der Waals surface area contributed by atoms with Crippen LogP contribution in [0.5, 0.6) is 0 Å². The van der Waals surface area contributed by atoms with Gasteiger partial charge in [-0.2, -0.15) is 0 Å². The van der Waals surface area contributed by atoms with Gasteiger partial charge in [0.25, 0.3) is 5.56 Å². The SMILES string of the molecule is NCCn1nnc2ccc(Br)cc2c1=O. The predicted molar refractivity (Wildman–Crippen MR) is 60.6 cm³/mol. The summed E-state index contributed by atoms with van der Waals surface area (Å²) in [6.07, 6.45) is 0. The van der Waals surface area contributed by atoms with Crippen molar-refractivity contribution in [1.82, 2.24) is 15.0 Å². The molecule has 0 unspecified atom stereocenters. The monoisotopic (exact) mass is 268 g/mol. The molecular formula is C9H9BrN4O. The first-order valence-corrected chi connectivity index (χ1v) is 5.25. The van der Waals surface area contributed by atoms with Gasteiger partial charge in [0.2, 0.25) is 0 Å². The van der Waals surface area contributed by atoms with E-state index in [1.807, 2.05) is 6.07 Å². The van der Waals surface area contributed by atoms with E-state index >= 15 is 0 Å². The zero-order valence-corrected chi connectivity index (χ0v) is 9.44. The minimum atomic E-state index is -0.160. The molecule has 1 heterocycles. The molecular weight excluding hydrogens is 260 g/mol. The van der Waals surface area contributed by atoms with E-state index in [9.17, 15) is 4.79 Å². The summed E-state index contributed by atoms with van der Waals surface area (Å²) in [6.45, 7) is 0.752. The van der Waals surface area contributed by atoms with E-state index in [2.05, 4.69) is 26.2 Å². The first-order chi connectivity index (χ1) is 7.22. The van der Waals surface area contributed by atoms with E-state index in [0.717, 1.165) is 4.47 Å². The fourth-order valence-electron chi connectivity index (χ4n) is 1.32. The summed E-state index contributed by atoms with van der Waals surface area (Å²) < 4.78 is 2.12. The Morgan fingerprint density at radius 1 is 1.47 bits per heavy atom. The predicted octanol–water partition coefficient (Wildman–Crippen LogP) is 0.513. The Kier molecular flexibility index (Phi) is 2.79. The molecule has 0 saturated carbocycles. The summed E-state index contributed by atoms with van der Waals surface area (Å²) in [4.78, 5) is 11.9. The van der Waals surface area contributed by atoms with Crippen LogP contribution in [0.15, 0.2) is 27.5 Å². The van der Waals surface area contributed by atoms with Crippen LogP contribution in [0.4, 0.5) is 0 Å². The Bertz CT molecular complexity index is 551. The highest BCUT2D eigenvalue weighted by atomic mass is 79.9. The highest BCUT2D eigenvalue weighted by molar-refractivity contribution is 9.10. The van der Waals surface area contributed by atoms with Crippen molar-refractivity contribution >= 4 is 26.8 Å². The number of benzene rings is 1. The summed E-state index contributed by atoms with van der Waals surface area (Å²) >= 11 is 3.31. The average molecular weight is 269 g/mol. The summed E-state index contributed by atoms with van der Waals surface area (Å²) in [7, 11) is 0. The standard InChI is InChI=1S/C9H9BrN4O/c10-6-1-2-8-7(5-6)9(15)14(4-3-11)13-12-8/h1-2,5H,3-4,11H2. The van der Waals surface area contributed by atoms with Crippen molar-refractivity contribution in [3.8, 4) is 0 Å². The van der Waals surface area contributed by atoms with E-state index in [-0.39, 0.29) is 5.56 Å². The molecule has 5 nitrogen and oxygen atoms in total. The maximum atomic E-state index is 11.9. The van der Waals surface area contributed by atoms with Gasteiger partial charge >= 0.3 is 0 Å². The molecule has 0 atom stereocenters. The second-order valence-corrected chi connectivity index (χ2v) is 3.98. The van der Waals surface area contributed by atoms with Gasteiger partial charge < -0.3 is 5.73 Å². The second kappa shape index (κ2) is 4.08. The molecule has 6 heteroatoms. The lowest BCUT2D eigenvalue weighted by Gasteiger charge is -2.02. The highest BCUT2D eigenvalue weighted by Gasteiger charge is 2.04. The number of nitrogens with zero attached hydrogens (tertiary/aromatic N) is 3. The van der Waals surface area contributed by atoms with E-state index < -0.39 is 0 Å². The first kappa shape index (κ1) is 10.3. The Hall–Kier alpha value is -1.27. The largest absolute Gasteiger partial charge is 0.329 e. The fourth-order valence-corrected chi connectivity index (χ4v) is 1.68. The van der Waals surface area contributed by atoms with Gasteiger partial charge in [0.15, 0.2) is 0 Å². The molecule has 0 radical (unpaired) electrons. The van der Waals surface area contributed by atoms with Gasteiger partial charge in [-0.25, -0.2) is 4.68 Å². The van der Waals surface area contributed by atoms with Crippen LogP contribution in [0.1, 0.15) is 0 Å². The van der Waals surface area contributed by atoms with Gasteiger partial charge in [-0.3, -0.25) is 4.79 Å². The third kappa shape index (κ3) is 1.91. The zero-order valence-electron chi connectivity index (χ0n) is 7.85. The number of hydrogen-bond donors (Lipinski definition) is 1. The van der Waals surface area contributed by atoms with Gasteiger partial charge in [0, 0.05) is 11.0 Å². The van der Waals surface area contributed by atoms with Crippen molar-refractivity contribution in [1.29, 1.82) is 0 Å². The molecule has 1 aromatic carbocycles. The van der Waals surface area contributed by atoms with Crippen molar-refractivity contribution in [2.24, 2.45) is 5.73 Å². The minimum Gasteiger partial charge on any atom is -0.329 e. The van der Waals surface area contributed by atoms with Crippen LogP contribution >= 0.6 is 15.9 Å². The van der Waals surface area contributed by atoms with Crippen LogP contribution in [0.3, 0.4) is 0 Å². The van der Waals surface area contributed by atoms with Crippen LogP contribution in [0, 0.1) is 0 Å². The molecule has 0 spiro atoms. The fraction of sp³-hybridized carbons (Fsp3) is 0.222. The third-order valence-electron chi connectivity index (χ3n) is 2.02. The zero-order chi connectivity index (χ0) is 10.8. The van der Waals surface area contributed by atoms with E-state index in [0.29, 0.717) is 24.0 Å². The van der Waals surface area contributed by atoms with Gasteiger partial charge in [0.05, 0.1) is 11.9 Å². The minimum absolute atomic E-state index is 0.160. The van der Waals surface area contributed by atoms with Crippen molar-refractivity contribution < 1.29 is 0 Å².